The van der Waals surface area contributed by atoms with Gasteiger partial charge < -0.3 is 0 Å². The average molecular weight is 323 g/mol. The minimum atomic E-state index is -4.71. The molecule has 2 aromatic carbocycles. The first-order valence-corrected chi connectivity index (χ1v) is 6.60. The number of amides is 1. The molecule has 0 unspecified atom stereocenters. The van der Waals surface area contributed by atoms with Crippen LogP contribution in [0.25, 0.3) is 0 Å². The van der Waals surface area contributed by atoms with Gasteiger partial charge in [0.1, 0.15) is 5.82 Å². The van der Waals surface area contributed by atoms with E-state index in [-0.39, 0.29) is 17.7 Å². The third-order valence-corrected chi connectivity index (χ3v) is 3.53. The number of alkyl halides is 3. The molecule has 0 N–H and O–H groups in total. The van der Waals surface area contributed by atoms with E-state index < -0.39 is 34.9 Å². The number of rotatable bonds is 2. The van der Waals surface area contributed by atoms with Gasteiger partial charge in [0.25, 0.3) is 11.7 Å². The number of para-hydroxylation sites is 1. The largest absolute Gasteiger partial charge is 0.418 e. The molecule has 3 nitrogen and oxygen atoms in total. The highest BCUT2D eigenvalue weighted by molar-refractivity contribution is 6.52. The van der Waals surface area contributed by atoms with Crippen LogP contribution in [0.1, 0.15) is 21.5 Å². The third-order valence-electron chi connectivity index (χ3n) is 3.53. The van der Waals surface area contributed by atoms with Gasteiger partial charge in [0, 0.05) is 0 Å². The molecular weight excluding hydrogens is 314 g/mol. The molecule has 0 aromatic heterocycles. The number of carbonyl (C=O) groups is 2. The van der Waals surface area contributed by atoms with Crippen LogP contribution in [0.4, 0.5) is 23.2 Å². The summed E-state index contributed by atoms with van der Waals surface area (Å²) in [4.78, 5) is 24.7. The zero-order chi connectivity index (χ0) is 16.8. The predicted octanol–water partition coefficient (Wildman–Crippen LogP) is 3.57. The van der Waals surface area contributed by atoms with Crippen molar-refractivity contribution in [3.63, 3.8) is 0 Å². The van der Waals surface area contributed by atoms with Crippen LogP contribution in [-0.2, 0) is 17.5 Å². The van der Waals surface area contributed by atoms with Crippen molar-refractivity contribution < 1.29 is 27.2 Å². The van der Waals surface area contributed by atoms with Gasteiger partial charge in [0.05, 0.1) is 23.4 Å². The molecule has 7 heteroatoms. The van der Waals surface area contributed by atoms with Crippen molar-refractivity contribution in [3.8, 4) is 0 Å². The summed E-state index contributed by atoms with van der Waals surface area (Å²) in [5.74, 6) is -2.63. The van der Waals surface area contributed by atoms with E-state index in [9.17, 15) is 27.2 Å². The van der Waals surface area contributed by atoms with Gasteiger partial charge in [0.2, 0.25) is 0 Å². The van der Waals surface area contributed by atoms with Crippen molar-refractivity contribution in [1.29, 1.82) is 0 Å². The Morgan fingerprint density at radius 2 is 1.70 bits per heavy atom. The van der Waals surface area contributed by atoms with Crippen LogP contribution in [0.3, 0.4) is 0 Å². The number of ketones is 1. The highest BCUT2D eigenvalue weighted by atomic mass is 19.4. The second kappa shape index (κ2) is 5.19. The lowest BCUT2D eigenvalue weighted by Gasteiger charge is -2.20. The number of carbonyl (C=O) groups excluding carboxylic acids is 2. The fraction of sp³-hybridized carbons (Fsp3) is 0.125. The van der Waals surface area contributed by atoms with Gasteiger partial charge in [-0.05, 0) is 29.8 Å². The van der Waals surface area contributed by atoms with E-state index in [1.54, 1.807) is 0 Å². The normalized spacial score (nSPS) is 14.3. The van der Waals surface area contributed by atoms with E-state index >= 15 is 0 Å². The predicted molar refractivity (Wildman–Crippen MR) is 73.4 cm³/mol. The van der Waals surface area contributed by atoms with Crippen LogP contribution in [-0.4, -0.2) is 11.7 Å². The molecule has 0 bridgehead atoms. The van der Waals surface area contributed by atoms with E-state index in [1.165, 1.54) is 24.3 Å². The third kappa shape index (κ3) is 2.58. The van der Waals surface area contributed by atoms with E-state index in [4.69, 9.17) is 0 Å². The summed E-state index contributed by atoms with van der Waals surface area (Å²) < 4.78 is 52.7. The Morgan fingerprint density at radius 1 is 1.00 bits per heavy atom. The summed E-state index contributed by atoms with van der Waals surface area (Å²) in [6, 6.07) is 8.19. The molecule has 0 fully saturated rings. The van der Waals surface area contributed by atoms with Crippen molar-refractivity contribution >= 4 is 17.4 Å². The standard InChI is InChI=1S/C16H9F4NO2/c17-10-4-1-3-9(7-10)8-21-13-11(14(22)15(21)23)5-2-6-12(13)16(18,19)20/h1-7H,8H2. The zero-order valence-electron chi connectivity index (χ0n) is 11.5. The topological polar surface area (TPSA) is 37.4 Å². The molecule has 0 radical (unpaired) electrons. The summed E-state index contributed by atoms with van der Waals surface area (Å²) in [6.07, 6.45) is -4.71. The molecule has 1 amide bonds. The SMILES string of the molecule is O=C1C(=O)N(Cc2cccc(F)c2)c2c1cccc2C(F)(F)F. The van der Waals surface area contributed by atoms with Crippen LogP contribution in [0.15, 0.2) is 42.5 Å². The van der Waals surface area contributed by atoms with Crippen LogP contribution in [0.5, 0.6) is 0 Å². The molecule has 2 aromatic rings. The number of halogens is 4. The maximum atomic E-state index is 13.2. The molecule has 0 spiro atoms. The van der Waals surface area contributed by atoms with Gasteiger partial charge in [-0.15, -0.1) is 0 Å². The Morgan fingerprint density at radius 3 is 2.35 bits per heavy atom. The van der Waals surface area contributed by atoms with E-state index in [0.29, 0.717) is 0 Å². The van der Waals surface area contributed by atoms with Gasteiger partial charge in [-0.1, -0.05) is 18.2 Å². The number of hydrogen-bond acceptors (Lipinski definition) is 2. The highest BCUT2D eigenvalue weighted by Crippen LogP contribution is 2.42. The van der Waals surface area contributed by atoms with Crippen LogP contribution in [0.2, 0.25) is 0 Å². The molecule has 0 atom stereocenters. The number of fused-ring (bicyclic) bond motifs is 1. The fourth-order valence-corrected chi connectivity index (χ4v) is 2.55. The fourth-order valence-electron chi connectivity index (χ4n) is 2.55. The molecule has 1 aliphatic heterocycles. The molecule has 1 heterocycles. The number of hydrogen-bond donors (Lipinski definition) is 0. The monoisotopic (exact) mass is 323 g/mol. The van der Waals surface area contributed by atoms with Gasteiger partial charge in [0.15, 0.2) is 0 Å². The number of benzene rings is 2. The summed E-state index contributed by atoms with van der Waals surface area (Å²) in [5.41, 5.74) is -1.54. The first-order chi connectivity index (χ1) is 10.8. The second-order valence-electron chi connectivity index (χ2n) is 5.05. The first kappa shape index (κ1) is 15.2. The molecule has 0 aliphatic carbocycles. The van der Waals surface area contributed by atoms with Crippen LogP contribution >= 0.6 is 0 Å². The lowest BCUT2D eigenvalue weighted by Crippen LogP contribution is -2.30. The van der Waals surface area contributed by atoms with Crippen molar-refractivity contribution in [2.45, 2.75) is 12.7 Å². The Balaban J connectivity index is 2.11. The first-order valence-electron chi connectivity index (χ1n) is 6.60. The van der Waals surface area contributed by atoms with Crippen LogP contribution < -0.4 is 4.90 Å². The van der Waals surface area contributed by atoms with E-state index in [0.717, 1.165) is 23.1 Å². The van der Waals surface area contributed by atoms with Gasteiger partial charge in [-0.3, -0.25) is 14.5 Å². The number of nitrogens with zero attached hydrogens (tertiary/aromatic N) is 1. The van der Waals surface area contributed by atoms with Gasteiger partial charge >= 0.3 is 6.18 Å². The molecule has 1 aliphatic rings. The Bertz CT molecular complexity index is 814. The molecule has 3 rings (SSSR count). The maximum Gasteiger partial charge on any atom is 0.418 e. The van der Waals surface area contributed by atoms with Crippen molar-refractivity contribution in [1.82, 2.24) is 0 Å². The average Bonchev–Trinajstić information content (AvgIpc) is 2.72. The van der Waals surface area contributed by atoms with Crippen molar-refractivity contribution in [2.75, 3.05) is 4.90 Å². The minimum absolute atomic E-state index is 0.288. The highest BCUT2D eigenvalue weighted by Gasteiger charge is 2.44. The second-order valence-corrected chi connectivity index (χ2v) is 5.05. The zero-order valence-corrected chi connectivity index (χ0v) is 11.5. The van der Waals surface area contributed by atoms with Crippen molar-refractivity contribution in [2.24, 2.45) is 0 Å². The lowest BCUT2D eigenvalue weighted by molar-refractivity contribution is -0.137. The molecular formula is C16H9F4NO2. The number of Topliss-reactive ketones (excluding diaryl/α,β-unsaturated/α-hetero) is 1. The summed E-state index contributed by atoms with van der Waals surface area (Å²) in [6.45, 7) is -0.317. The van der Waals surface area contributed by atoms with Crippen molar-refractivity contribution in [3.05, 3.63) is 65.0 Å². The Kier molecular flexibility index (Phi) is 3.43. The Hall–Kier alpha value is -2.70. The van der Waals surface area contributed by atoms with E-state index in [1.807, 2.05) is 0 Å². The van der Waals surface area contributed by atoms with Gasteiger partial charge in [-0.2, -0.15) is 13.2 Å². The molecule has 0 saturated carbocycles. The van der Waals surface area contributed by atoms with E-state index in [2.05, 4.69) is 0 Å². The quantitative estimate of drug-likeness (QED) is 0.626. The molecule has 23 heavy (non-hydrogen) atoms. The smallest absolute Gasteiger partial charge is 0.300 e. The molecule has 118 valence electrons. The summed E-state index contributed by atoms with van der Waals surface area (Å²) >= 11 is 0. The maximum absolute atomic E-state index is 13.2. The van der Waals surface area contributed by atoms with Gasteiger partial charge in [-0.25, -0.2) is 4.39 Å². The Labute approximate surface area is 128 Å². The summed E-state index contributed by atoms with van der Waals surface area (Å²) in [5, 5.41) is 0. The lowest BCUT2D eigenvalue weighted by atomic mass is 10.1. The van der Waals surface area contributed by atoms with Crippen LogP contribution in [0, 0.1) is 5.82 Å². The minimum Gasteiger partial charge on any atom is -0.300 e. The summed E-state index contributed by atoms with van der Waals surface area (Å²) in [7, 11) is 0. The molecule has 0 saturated heterocycles. The number of anilines is 1.